The summed E-state index contributed by atoms with van der Waals surface area (Å²) in [4.78, 5) is 12.1. The molecule has 0 aromatic heterocycles. The van der Waals surface area contributed by atoms with Crippen LogP contribution in [0.2, 0.25) is 0 Å². The number of nitrogens with zero attached hydrogens (tertiary/aromatic N) is 1. The monoisotopic (exact) mass is 224 g/mol. The molecule has 0 atom stereocenters. The van der Waals surface area contributed by atoms with Crippen molar-refractivity contribution in [2.75, 3.05) is 6.54 Å². The summed E-state index contributed by atoms with van der Waals surface area (Å²) in [6.45, 7) is 12.9. The smallest absolute Gasteiger partial charge is 0.224 e. The van der Waals surface area contributed by atoms with Crippen molar-refractivity contribution in [3.05, 3.63) is 0 Å². The lowest BCUT2D eigenvalue weighted by molar-refractivity contribution is -0.133. The Morgan fingerprint density at radius 1 is 1.19 bits per heavy atom. The fourth-order valence-corrected chi connectivity index (χ4v) is 2.43. The van der Waals surface area contributed by atoms with E-state index in [-0.39, 0.29) is 22.7 Å². The standard InChI is InChI=1S/C13H24N2O/c1-12(2,3)10(13(4,5)6)11(16)15-9-7-8-14/h10H,7,9H2,1-6H3,(H,15,16). The van der Waals surface area contributed by atoms with Gasteiger partial charge in [0.2, 0.25) is 5.91 Å². The van der Waals surface area contributed by atoms with Crippen molar-refractivity contribution in [3.8, 4) is 6.07 Å². The first kappa shape index (κ1) is 15.0. The normalized spacial score (nSPS) is 12.4. The molecule has 1 N–H and O–H groups in total. The Balaban J connectivity index is 4.68. The average Bonchev–Trinajstić information content (AvgIpc) is 1.98. The fraction of sp³-hybridized carbons (Fsp3) is 0.846. The molecule has 0 aliphatic rings. The first-order valence-electron chi connectivity index (χ1n) is 5.75. The van der Waals surface area contributed by atoms with Crippen molar-refractivity contribution >= 4 is 5.91 Å². The molecule has 0 rings (SSSR count). The third-order valence-electron chi connectivity index (χ3n) is 2.53. The van der Waals surface area contributed by atoms with Crippen LogP contribution >= 0.6 is 0 Å². The number of rotatable bonds is 3. The van der Waals surface area contributed by atoms with Crippen molar-refractivity contribution in [3.63, 3.8) is 0 Å². The van der Waals surface area contributed by atoms with Gasteiger partial charge in [-0.2, -0.15) is 5.26 Å². The first-order chi connectivity index (χ1) is 7.10. The highest BCUT2D eigenvalue weighted by molar-refractivity contribution is 5.80. The molecule has 16 heavy (non-hydrogen) atoms. The van der Waals surface area contributed by atoms with E-state index in [1.54, 1.807) is 0 Å². The molecule has 0 aliphatic heterocycles. The Morgan fingerprint density at radius 3 is 1.94 bits per heavy atom. The average molecular weight is 224 g/mol. The molecule has 0 spiro atoms. The van der Waals surface area contributed by atoms with E-state index in [1.165, 1.54) is 0 Å². The van der Waals surface area contributed by atoms with E-state index in [9.17, 15) is 4.79 Å². The van der Waals surface area contributed by atoms with Gasteiger partial charge in [0, 0.05) is 12.5 Å². The van der Waals surface area contributed by atoms with Crippen molar-refractivity contribution in [1.29, 1.82) is 5.26 Å². The van der Waals surface area contributed by atoms with Crippen LogP contribution in [0.25, 0.3) is 0 Å². The van der Waals surface area contributed by atoms with Gasteiger partial charge >= 0.3 is 0 Å². The van der Waals surface area contributed by atoms with Crippen molar-refractivity contribution in [1.82, 2.24) is 5.32 Å². The van der Waals surface area contributed by atoms with E-state index in [0.717, 1.165) is 0 Å². The third kappa shape index (κ3) is 4.65. The summed E-state index contributed by atoms with van der Waals surface area (Å²) in [5.74, 6) is -0.00561. The van der Waals surface area contributed by atoms with Crippen molar-refractivity contribution in [2.24, 2.45) is 16.7 Å². The zero-order chi connectivity index (χ0) is 13.0. The lowest BCUT2D eigenvalue weighted by atomic mass is 9.66. The summed E-state index contributed by atoms with van der Waals surface area (Å²) < 4.78 is 0. The van der Waals surface area contributed by atoms with Gasteiger partial charge < -0.3 is 5.32 Å². The lowest BCUT2D eigenvalue weighted by Crippen LogP contribution is -2.45. The van der Waals surface area contributed by atoms with E-state index < -0.39 is 0 Å². The summed E-state index contributed by atoms with van der Waals surface area (Å²) in [7, 11) is 0. The van der Waals surface area contributed by atoms with Crippen molar-refractivity contribution in [2.45, 2.75) is 48.0 Å². The van der Waals surface area contributed by atoms with E-state index in [0.29, 0.717) is 13.0 Å². The molecule has 3 heteroatoms. The Kier molecular flexibility index (Phi) is 4.99. The van der Waals surface area contributed by atoms with Gasteiger partial charge in [-0.05, 0) is 10.8 Å². The molecular weight excluding hydrogens is 200 g/mol. The summed E-state index contributed by atoms with van der Waals surface area (Å²) in [5.41, 5.74) is -0.149. The predicted molar refractivity (Wildman–Crippen MR) is 65.6 cm³/mol. The third-order valence-corrected chi connectivity index (χ3v) is 2.53. The molecule has 0 heterocycles. The molecule has 0 aromatic rings. The number of amides is 1. The number of hydrogen-bond donors (Lipinski definition) is 1. The van der Waals surface area contributed by atoms with E-state index in [1.807, 2.05) is 6.07 Å². The number of carbonyl (C=O) groups excluding carboxylic acids is 1. The van der Waals surface area contributed by atoms with Gasteiger partial charge in [-0.15, -0.1) is 0 Å². The van der Waals surface area contributed by atoms with E-state index in [2.05, 4.69) is 46.9 Å². The second-order valence-corrected chi connectivity index (χ2v) is 6.36. The number of carbonyl (C=O) groups is 1. The van der Waals surface area contributed by atoms with Crippen LogP contribution < -0.4 is 5.32 Å². The highest BCUT2D eigenvalue weighted by atomic mass is 16.1. The number of hydrogen-bond acceptors (Lipinski definition) is 2. The minimum absolute atomic E-state index is 0.0512. The molecular formula is C13H24N2O. The van der Waals surface area contributed by atoms with Gasteiger partial charge in [-0.3, -0.25) is 4.79 Å². The second-order valence-electron chi connectivity index (χ2n) is 6.36. The Bertz CT molecular complexity index is 262. The summed E-state index contributed by atoms with van der Waals surface area (Å²) >= 11 is 0. The van der Waals surface area contributed by atoms with Crippen molar-refractivity contribution < 1.29 is 4.79 Å². The first-order valence-corrected chi connectivity index (χ1v) is 5.75. The van der Waals surface area contributed by atoms with Gasteiger partial charge in [0.05, 0.1) is 12.5 Å². The molecule has 0 bridgehead atoms. The molecule has 0 aromatic carbocycles. The minimum atomic E-state index is -0.0744. The van der Waals surface area contributed by atoms with Crippen LogP contribution in [0, 0.1) is 28.1 Å². The number of nitriles is 1. The molecule has 92 valence electrons. The maximum atomic E-state index is 12.1. The van der Waals surface area contributed by atoms with Crippen LogP contribution in [0.3, 0.4) is 0 Å². The van der Waals surface area contributed by atoms with Crippen LogP contribution in [0.4, 0.5) is 0 Å². The highest BCUT2D eigenvalue weighted by Gasteiger charge is 2.39. The Hall–Kier alpha value is -1.04. The molecule has 0 radical (unpaired) electrons. The van der Waals surface area contributed by atoms with Crippen LogP contribution in [0.15, 0.2) is 0 Å². The van der Waals surface area contributed by atoms with Crippen LogP contribution in [0.5, 0.6) is 0 Å². The highest BCUT2D eigenvalue weighted by Crippen LogP contribution is 2.39. The van der Waals surface area contributed by atoms with Gasteiger partial charge in [-0.1, -0.05) is 41.5 Å². The maximum Gasteiger partial charge on any atom is 0.224 e. The topological polar surface area (TPSA) is 52.9 Å². The SMILES string of the molecule is CC(C)(C)C(C(=O)NCCC#N)C(C)(C)C. The molecule has 0 aliphatic carbocycles. The summed E-state index contributed by atoms with van der Waals surface area (Å²) in [6.07, 6.45) is 0.368. The zero-order valence-electron chi connectivity index (χ0n) is 11.3. The van der Waals surface area contributed by atoms with Crippen LogP contribution in [-0.4, -0.2) is 12.5 Å². The lowest BCUT2D eigenvalue weighted by Gasteiger charge is -2.39. The summed E-state index contributed by atoms with van der Waals surface area (Å²) in [5, 5.41) is 11.3. The van der Waals surface area contributed by atoms with Gasteiger partial charge in [0.25, 0.3) is 0 Å². The summed E-state index contributed by atoms with van der Waals surface area (Å²) in [6, 6.07) is 2.02. The van der Waals surface area contributed by atoms with Crippen LogP contribution in [-0.2, 0) is 4.79 Å². The largest absolute Gasteiger partial charge is 0.355 e. The molecule has 1 amide bonds. The molecule has 3 nitrogen and oxygen atoms in total. The number of nitrogens with one attached hydrogen (secondary N) is 1. The predicted octanol–water partition coefficient (Wildman–Crippen LogP) is 2.72. The van der Waals surface area contributed by atoms with Gasteiger partial charge in [0.15, 0.2) is 0 Å². The van der Waals surface area contributed by atoms with E-state index >= 15 is 0 Å². The second kappa shape index (κ2) is 5.34. The minimum Gasteiger partial charge on any atom is -0.355 e. The van der Waals surface area contributed by atoms with Gasteiger partial charge in [0.1, 0.15) is 0 Å². The molecule has 0 saturated heterocycles. The Morgan fingerprint density at radius 2 is 1.62 bits per heavy atom. The molecule has 0 saturated carbocycles. The zero-order valence-corrected chi connectivity index (χ0v) is 11.3. The van der Waals surface area contributed by atoms with Gasteiger partial charge in [-0.25, -0.2) is 0 Å². The quantitative estimate of drug-likeness (QED) is 0.749. The Labute approximate surface area is 99.2 Å². The van der Waals surface area contributed by atoms with Crippen LogP contribution in [0.1, 0.15) is 48.0 Å². The van der Waals surface area contributed by atoms with E-state index in [4.69, 9.17) is 5.26 Å². The molecule has 0 unspecified atom stereocenters. The molecule has 0 fully saturated rings. The fourth-order valence-electron chi connectivity index (χ4n) is 2.43. The maximum absolute atomic E-state index is 12.1.